The van der Waals surface area contributed by atoms with Gasteiger partial charge in [0.15, 0.2) is 0 Å². The average molecular weight is 346 g/mol. The van der Waals surface area contributed by atoms with Gasteiger partial charge in [0.1, 0.15) is 0 Å². The Hall–Kier alpha value is -0.720. The molecule has 2 aromatic rings. The van der Waals surface area contributed by atoms with Crippen molar-refractivity contribution < 1.29 is 0 Å². The predicted octanol–water partition coefficient (Wildman–Crippen LogP) is 2.39. The van der Waals surface area contributed by atoms with Crippen molar-refractivity contribution in [3.05, 3.63) is 44.9 Å². The van der Waals surface area contributed by atoms with Gasteiger partial charge in [-0.3, -0.25) is 9.67 Å². The Morgan fingerprint density at radius 2 is 2.19 bits per heavy atom. The Morgan fingerprint density at radius 3 is 2.75 bits per heavy atom. The molecular weight excluding hydrogens is 336 g/mol. The normalized spacial score (nSPS) is 12.8. The summed E-state index contributed by atoms with van der Waals surface area (Å²) >= 11 is 6.80. The summed E-state index contributed by atoms with van der Waals surface area (Å²) in [6, 6.07) is 3.50. The number of hydrogen-bond acceptors (Lipinski definition) is 3. The van der Waals surface area contributed by atoms with Crippen LogP contribution in [0.5, 0.6) is 0 Å². The molecule has 0 bridgehead atoms. The maximum absolute atomic E-state index is 6.10. The van der Waals surface area contributed by atoms with E-state index in [1.165, 1.54) is 0 Å². The first-order chi connectivity index (χ1) is 7.58. The quantitative estimate of drug-likeness (QED) is 0.909. The van der Waals surface area contributed by atoms with E-state index in [1.54, 1.807) is 10.9 Å². The van der Waals surface area contributed by atoms with Crippen molar-refractivity contribution in [1.29, 1.82) is 0 Å². The van der Waals surface area contributed by atoms with Crippen molar-refractivity contribution >= 4 is 31.9 Å². The van der Waals surface area contributed by atoms with E-state index in [2.05, 4.69) is 41.9 Å². The van der Waals surface area contributed by atoms with E-state index in [4.69, 9.17) is 5.73 Å². The molecule has 0 aliphatic rings. The van der Waals surface area contributed by atoms with Crippen LogP contribution in [-0.4, -0.2) is 14.8 Å². The topological polar surface area (TPSA) is 56.7 Å². The van der Waals surface area contributed by atoms with Gasteiger partial charge in [-0.2, -0.15) is 5.10 Å². The zero-order valence-electron chi connectivity index (χ0n) is 8.56. The number of nitrogens with two attached hydrogens (primary N) is 1. The van der Waals surface area contributed by atoms with Gasteiger partial charge in [-0.25, -0.2) is 0 Å². The molecule has 0 spiro atoms. The molecular formula is C10H10Br2N4. The zero-order valence-corrected chi connectivity index (χ0v) is 11.7. The highest BCUT2D eigenvalue weighted by Gasteiger charge is 2.16. The summed E-state index contributed by atoms with van der Waals surface area (Å²) in [5.41, 5.74) is 7.68. The standard InChI is InChI=1S/C10H10Br2N4/c1-16-3-2-8(15-16)9(13)10-7(12)4-6(11)5-14-10/h2-5,9H,13H2,1H3. The maximum Gasteiger partial charge on any atom is 0.0930 e. The SMILES string of the molecule is Cn1ccc(C(N)c2ncc(Br)cc2Br)n1. The Bertz CT molecular complexity index is 509. The number of hydrogen-bond donors (Lipinski definition) is 1. The van der Waals surface area contributed by atoms with Crippen LogP contribution >= 0.6 is 31.9 Å². The molecule has 0 amide bonds. The number of aromatic nitrogens is 3. The van der Waals surface area contributed by atoms with Gasteiger partial charge in [-0.05, 0) is 44.0 Å². The molecule has 1 unspecified atom stereocenters. The highest BCUT2D eigenvalue weighted by atomic mass is 79.9. The summed E-state index contributed by atoms with van der Waals surface area (Å²) in [6.45, 7) is 0. The Labute approximate surface area is 110 Å². The predicted molar refractivity (Wildman–Crippen MR) is 68.9 cm³/mol. The Balaban J connectivity index is 2.37. The van der Waals surface area contributed by atoms with Crippen molar-refractivity contribution in [3.8, 4) is 0 Å². The number of rotatable bonds is 2. The summed E-state index contributed by atoms with van der Waals surface area (Å²) in [4.78, 5) is 4.30. The molecule has 0 saturated heterocycles. The van der Waals surface area contributed by atoms with Gasteiger partial charge in [0.25, 0.3) is 0 Å². The third kappa shape index (κ3) is 2.34. The summed E-state index contributed by atoms with van der Waals surface area (Å²) in [5, 5.41) is 4.27. The molecule has 0 aromatic carbocycles. The fourth-order valence-corrected chi connectivity index (χ4v) is 2.63. The summed E-state index contributed by atoms with van der Waals surface area (Å²) < 4.78 is 3.51. The molecule has 0 fully saturated rings. The Kier molecular flexibility index (Phi) is 3.41. The van der Waals surface area contributed by atoms with Gasteiger partial charge in [0.2, 0.25) is 0 Å². The summed E-state index contributed by atoms with van der Waals surface area (Å²) in [6.07, 6.45) is 3.59. The first-order valence-corrected chi connectivity index (χ1v) is 6.22. The molecule has 0 aliphatic heterocycles. The lowest BCUT2D eigenvalue weighted by molar-refractivity contribution is 0.705. The van der Waals surface area contributed by atoms with Gasteiger partial charge in [-0.15, -0.1) is 0 Å². The van der Waals surface area contributed by atoms with Crippen LogP contribution in [0.2, 0.25) is 0 Å². The highest BCUT2D eigenvalue weighted by Crippen LogP contribution is 2.26. The van der Waals surface area contributed by atoms with E-state index in [0.717, 1.165) is 20.3 Å². The second kappa shape index (κ2) is 4.65. The van der Waals surface area contributed by atoms with Crippen LogP contribution in [0.3, 0.4) is 0 Å². The van der Waals surface area contributed by atoms with Gasteiger partial charge < -0.3 is 5.73 Å². The largest absolute Gasteiger partial charge is 0.318 e. The van der Waals surface area contributed by atoms with E-state index in [-0.39, 0.29) is 6.04 Å². The second-order valence-electron chi connectivity index (χ2n) is 3.41. The molecule has 1 atom stereocenters. The van der Waals surface area contributed by atoms with Crippen LogP contribution < -0.4 is 5.73 Å². The molecule has 6 heteroatoms. The first-order valence-electron chi connectivity index (χ1n) is 4.64. The molecule has 2 rings (SSSR count). The van der Waals surface area contributed by atoms with E-state index < -0.39 is 0 Å². The summed E-state index contributed by atoms with van der Waals surface area (Å²) in [5.74, 6) is 0. The molecule has 0 saturated carbocycles. The van der Waals surface area contributed by atoms with E-state index >= 15 is 0 Å². The van der Waals surface area contributed by atoms with Crippen molar-refractivity contribution in [3.63, 3.8) is 0 Å². The van der Waals surface area contributed by atoms with Gasteiger partial charge in [0.05, 0.1) is 17.4 Å². The molecule has 4 nitrogen and oxygen atoms in total. The third-order valence-electron chi connectivity index (χ3n) is 2.18. The lowest BCUT2D eigenvalue weighted by atomic mass is 10.1. The van der Waals surface area contributed by atoms with Crippen LogP contribution in [0.4, 0.5) is 0 Å². The van der Waals surface area contributed by atoms with Gasteiger partial charge in [0, 0.05) is 28.4 Å². The smallest absolute Gasteiger partial charge is 0.0930 e. The fourth-order valence-electron chi connectivity index (χ4n) is 1.39. The lowest BCUT2D eigenvalue weighted by Gasteiger charge is -2.10. The minimum Gasteiger partial charge on any atom is -0.318 e. The second-order valence-corrected chi connectivity index (χ2v) is 5.18. The Morgan fingerprint density at radius 1 is 1.44 bits per heavy atom. The van der Waals surface area contributed by atoms with Crippen LogP contribution in [0.25, 0.3) is 0 Å². The van der Waals surface area contributed by atoms with E-state index in [9.17, 15) is 0 Å². The number of nitrogens with zero attached hydrogens (tertiary/aromatic N) is 3. The van der Waals surface area contributed by atoms with Crippen LogP contribution in [0.15, 0.2) is 33.5 Å². The maximum atomic E-state index is 6.10. The first kappa shape index (κ1) is 11.8. The molecule has 2 aromatic heterocycles. The molecule has 2 heterocycles. The van der Waals surface area contributed by atoms with Gasteiger partial charge in [-0.1, -0.05) is 0 Å². The van der Waals surface area contributed by atoms with E-state index in [0.29, 0.717) is 0 Å². The van der Waals surface area contributed by atoms with Crippen LogP contribution in [0.1, 0.15) is 17.4 Å². The van der Waals surface area contributed by atoms with Crippen molar-refractivity contribution in [2.75, 3.05) is 0 Å². The van der Waals surface area contributed by atoms with E-state index in [1.807, 2.05) is 25.4 Å². The fraction of sp³-hybridized carbons (Fsp3) is 0.200. The minimum atomic E-state index is -0.316. The monoisotopic (exact) mass is 344 g/mol. The molecule has 0 aliphatic carbocycles. The summed E-state index contributed by atoms with van der Waals surface area (Å²) in [7, 11) is 1.86. The zero-order chi connectivity index (χ0) is 11.7. The lowest BCUT2D eigenvalue weighted by Crippen LogP contribution is -2.15. The van der Waals surface area contributed by atoms with Gasteiger partial charge >= 0.3 is 0 Å². The number of halogens is 2. The number of pyridine rings is 1. The molecule has 0 radical (unpaired) electrons. The molecule has 2 N–H and O–H groups in total. The minimum absolute atomic E-state index is 0.316. The molecule has 16 heavy (non-hydrogen) atoms. The molecule has 84 valence electrons. The average Bonchev–Trinajstić information content (AvgIpc) is 2.64. The van der Waals surface area contributed by atoms with Crippen molar-refractivity contribution in [2.24, 2.45) is 12.8 Å². The van der Waals surface area contributed by atoms with Crippen molar-refractivity contribution in [2.45, 2.75) is 6.04 Å². The highest BCUT2D eigenvalue weighted by molar-refractivity contribution is 9.11. The third-order valence-corrected chi connectivity index (χ3v) is 3.25. The number of aryl methyl sites for hydroxylation is 1. The van der Waals surface area contributed by atoms with Crippen LogP contribution in [0, 0.1) is 0 Å². The van der Waals surface area contributed by atoms with Crippen LogP contribution in [-0.2, 0) is 7.05 Å². The van der Waals surface area contributed by atoms with Crippen molar-refractivity contribution in [1.82, 2.24) is 14.8 Å².